The Morgan fingerprint density at radius 3 is 2.83 bits per heavy atom. The average Bonchev–Trinajstić information content (AvgIpc) is 2.73. The van der Waals surface area contributed by atoms with Gasteiger partial charge in [0, 0.05) is 6.07 Å². The number of methoxy groups -OCH3 is 1. The number of amides is 1. The molecule has 0 fully saturated rings. The Kier molecular flexibility index (Phi) is 4.23. The summed E-state index contributed by atoms with van der Waals surface area (Å²) < 4.78 is 19.9. The van der Waals surface area contributed by atoms with Crippen LogP contribution in [-0.4, -0.2) is 23.0 Å². The average molecular weight is 318 g/mol. The van der Waals surface area contributed by atoms with Gasteiger partial charge in [-0.15, -0.1) is 0 Å². The second-order valence-corrected chi connectivity index (χ2v) is 5.67. The number of nitrogens with one attached hydrogen (secondary N) is 1. The van der Waals surface area contributed by atoms with Crippen LogP contribution in [0.5, 0.6) is 5.75 Å². The van der Waals surface area contributed by atoms with E-state index in [0.717, 1.165) is 48.1 Å². The Morgan fingerprint density at radius 2 is 2.09 bits per heavy atom. The predicted molar refractivity (Wildman–Crippen MR) is 83.8 cm³/mol. The first kappa shape index (κ1) is 15.4. The highest BCUT2D eigenvalue weighted by molar-refractivity contribution is 6.05. The van der Waals surface area contributed by atoms with E-state index < -0.39 is 11.7 Å². The van der Waals surface area contributed by atoms with Crippen LogP contribution >= 0.6 is 0 Å². The van der Waals surface area contributed by atoms with Gasteiger partial charge in [-0.1, -0.05) is 6.42 Å². The van der Waals surface area contributed by atoms with Gasteiger partial charge in [0.25, 0.3) is 5.91 Å². The largest absolute Gasteiger partial charge is 0.497 e. The van der Waals surface area contributed by atoms with E-state index in [0.29, 0.717) is 11.3 Å². The van der Waals surface area contributed by atoms with E-state index in [1.807, 2.05) is 0 Å². The van der Waals surface area contributed by atoms with Gasteiger partial charge in [0.15, 0.2) is 0 Å². The fourth-order valence-electron chi connectivity index (χ4n) is 3.00. The van der Waals surface area contributed by atoms with Gasteiger partial charge in [0.05, 0.1) is 30.3 Å². The van der Waals surface area contributed by atoms with Crippen molar-refractivity contribution < 1.29 is 19.1 Å². The van der Waals surface area contributed by atoms with Crippen molar-refractivity contribution >= 4 is 11.6 Å². The van der Waals surface area contributed by atoms with Crippen LogP contribution in [-0.2, 0) is 12.8 Å². The van der Waals surface area contributed by atoms with Crippen LogP contribution < -0.4 is 10.1 Å². The van der Waals surface area contributed by atoms with Crippen molar-refractivity contribution in [3.05, 3.63) is 47.0 Å². The molecule has 2 aromatic rings. The first-order valence-electron chi connectivity index (χ1n) is 7.67. The number of benzene rings is 1. The summed E-state index contributed by atoms with van der Waals surface area (Å²) in [5, 5.41) is 12.6. The van der Waals surface area contributed by atoms with Crippen LogP contribution in [0.15, 0.2) is 24.4 Å². The summed E-state index contributed by atoms with van der Waals surface area (Å²) in [6.45, 7) is 0. The minimum Gasteiger partial charge on any atom is -0.497 e. The molecule has 1 aliphatic carbocycles. The molecule has 5 nitrogen and oxygen atoms in total. The number of ether oxygens (including phenoxy) is 1. The minimum absolute atomic E-state index is 0.0869. The summed E-state index contributed by atoms with van der Waals surface area (Å²) in [5.41, 5.74) is 2.13. The van der Waals surface area contributed by atoms with Gasteiger partial charge in [-0.2, -0.15) is 4.73 Å². The predicted octanol–water partition coefficient (Wildman–Crippen LogP) is 3.39. The van der Waals surface area contributed by atoms with Gasteiger partial charge in [0.2, 0.25) is 0 Å². The third-order valence-electron chi connectivity index (χ3n) is 4.21. The summed E-state index contributed by atoms with van der Waals surface area (Å²) in [4.78, 5) is 12.5. The molecule has 122 valence electrons. The summed E-state index contributed by atoms with van der Waals surface area (Å²) in [6.07, 6.45) is 5.95. The maximum Gasteiger partial charge on any atom is 0.257 e. The van der Waals surface area contributed by atoms with Crippen LogP contribution in [0.25, 0.3) is 0 Å². The molecule has 0 atom stereocenters. The summed E-state index contributed by atoms with van der Waals surface area (Å²) in [7, 11) is 1.45. The normalized spacial score (nSPS) is 14.0. The molecule has 0 aliphatic heterocycles. The molecular formula is C17H19FN2O3. The second-order valence-electron chi connectivity index (χ2n) is 5.67. The molecule has 1 aromatic carbocycles. The monoisotopic (exact) mass is 318 g/mol. The molecule has 3 rings (SSSR count). The van der Waals surface area contributed by atoms with E-state index in [4.69, 9.17) is 4.74 Å². The van der Waals surface area contributed by atoms with Crippen molar-refractivity contribution in [2.75, 3.05) is 12.4 Å². The Morgan fingerprint density at radius 1 is 1.30 bits per heavy atom. The number of rotatable bonds is 3. The number of hydrogen-bond acceptors (Lipinski definition) is 3. The Balaban J connectivity index is 1.87. The van der Waals surface area contributed by atoms with Crippen LogP contribution in [0.3, 0.4) is 0 Å². The lowest BCUT2D eigenvalue weighted by Gasteiger charge is -2.08. The first-order valence-corrected chi connectivity index (χ1v) is 7.67. The van der Waals surface area contributed by atoms with Gasteiger partial charge in [-0.25, -0.2) is 4.39 Å². The lowest BCUT2D eigenvalue weighted by Crippen LogP contribution is -2.14. The zero-order valence-corrected chi connectivity index (χ0v) is 12.9. The zero-order valence-electron chi connectivity index (χ0n) is 12.9. The minimum atomic E-state index is -0.563. The fourth-order valence-corrected chi connectivity index (χ4v) is 3.00. The number of aromatic nitrogens is 1. The second kappa shape index (κ2) is 6.32. The van der Waals surface area contributed by atoms with Crippen molar-refractivity contribution in [1.29, 1.82) is 0 Å². The molecule has 0 saturated heterocycles. The van der Waals surface area contributed by atoms with E-state index in [1.54, 1.807) is 6.07 Å². The van der Waals surface area contributed by atoms with Gasteiger partial charge in [0.1, 0.15) is 11.6 Å². The van der Waals surface area contributed by atoms with Crippen molar-refractivity contribution in [3.8, 4) is 5.75 Å². The number of halogens is 1. The third kappa shape index (κ3) is 3.02. The quantitative estimate of drug-likeness (QED) is 0.673. The fraction of sp³-hybridized carbons (Fsp3) is 0.353. The Hall–Kier alpha value is -2.50. The highest BCUT2D eigenvalue weighted by atomic mass is 19.1. The zero-order chi connectivity index (χ0) is 16.4. The van der Waals surface area contributed by atoms with Crippen LogP contribution in [0.4, 0.5) is 10.1 Å². The maximum absolute atomic E-state index is 14.0. The number of fused-ring (bicyclic) bond motifs is 1. The van der Waals surface area contributed by atoms with Crippen molar-refractivity contribution in [1.82, 2.24) is 4.73 Å². The highest BCUT2D eigenvalue weighted by Gasteiger charge is 2.22. The third-order valence-corrected chi connectivity index (χ3v) is 4.21. The SMILES string of the molecule is COc1ccc(NC(=O)c2cn(O)c3c2CCCCC3)c(F)c1. The lowest BCUT2D eigenvalue weighted by atomic mass is 10.1. The maximum atomic E-state index is 14.0. The molecule has 1 heterocycles. The van der Waals surface area contributed by atoms with Crippen LogP contribution in [0.1, 0.15) is 40.9 Å². The van der Waals surface area contributed by atoms with Gasteiger partial charge < -0.3 is 15.3 Å². The molecule has 6 heteroatoms. The number of carbonyl (C=O) groups is 1. The lowest BCUT2D eigenvalue weighted by molar-refractivity contribution is 0.102. The molecule has 0 radical (unpaired) electrons. The van der Waals surface area contributed by atoms with E-state index in [1.165, 1.54) is 25.4 Å². The molecule has 0 bridgehead atoms. The van der Waals surface area contributed by atoms with E-state index in [-0.39, 0.29) is 5.69 Å². The first-order chi connectivity index (χ1) is 11.1. The highest BCUT2D eigenvalue weighted by Crippen LogP contribution is 2.27. The number of carbonyl (C=O) groups excluding carboxylic acids is 1. The van der Waals surface area contributed by atoms with Crippen molar-refractivity contribution in [3.63, 3.8) is 0 Å². The van der Waals surface area contributed by atoms with Crippen molar-refractivity contribution in [2.24, 2.45) is 0 Å². The van der Waals surface area contributed by atoms with Gasteiger partial charge in [-0.3, -0.25) is 4.79 Å². The summed E-state index contributed by atoms with van der Waals surface area (Å²) in [5.74, 6) is -0.594. The number of nitrogens with zero attached hydrogens (tertiary/aromatic N) is 1. The molecule has 0 saturated carbocycles. The molecule has 0 spiro atoms. The van der Waals surface area contributed by atoms with Crippen molar-refractivity contribution in [2.45, 2.75) is 32.1 Å². The molecule has 23 heavy (non-hydrogen) atoms. The molecule has 1 amide bonds. The summed E-state index contributed by atoms with van der Waals surface area (Å²) in [6, 6.07) is 4.25. The molecule has 0 unspecified atom stereocenters. The van der Waals surface area contributed by atoms with Crippen LogP contribution in [0.2, 0.25) is 0 Å². The van der Waals surface area contributed by atoms with Crippen LogP contribution in [0, 0.1) is 5.82 Å². The van der Waals surface area contributed by atoms with Gasteiger partial charge in [-0.05, 0) is 43.4 Å². The molecule has 1 aliphatic rings. The Labute approximate surface area is 133 Å². The topological polar surface area (TPSA) is 63.5 Å². The number of hydrogen-bond donors (Lipinski definition) is 2. The van der Waals surface area contributed by atoms with E-state index in [9.17, 15) is 14.4 Å². The van der Waals surface area contributed by atoms with E-state index >= 15 is 0 Å². The number of anilines is 1. The smallest absolute Gasteiger partial charge is 0.257 e. The molecule has 1 aromatic heterocycles. The standard InChI is InChI=1S/C17H19FN2O3/c1-23-11-7-8-15(14(18)9-11)19-17(21)13-10-20(22)16-6-4-2-3-5-12(13)16/h7-10,22H,2-6H2,1H3,(H,19,21). The Bertz CT molecular complexity index is 740. The van der Waals surface area contributed by atoms with Gasteiger partial charge >= 0.3 is 0 Å². The molecular weight excluding hydrogens is 299 g/mol. The molecule has 2 N–H and O–H groups in total. The summed E-state index contributed by atoms with van der Waals surface area (Å²) >= 11 is 0. The van der Waals surface area contributed by atoms with E-state index in [2.05, 4.69) is 5.32 Å².